The number of nitrogens with zero attached hydrogens (tertiary/aromatic N) is 4. The zero-order chi connectivity index (χ0) is 13.5. The SMILES string of the molecule is N#Cc1ccc2c(ccn2Cc2nc(C3CC3)no2)c1. The topological polar surface area (TPSA) is 67.6 Å². The molecule has 0 bridgehead atoms. The lowest BCUT2D eigenvalue weighted by Gasteiger charge is -2.01. The van der Waals surface area contributed by atoms with Crippen molar-refractivity contribution in [2.24, 2.45) is 0 Å². The maximum absolute atomic E-state index is 8.91. The van der Waals surface area contributed by atoms with Gasteiger partial charge in [0.1, 0.15) is 6.54 Å². The third-order valence-electron chi connectivity index (χ3n) is 3.63. The van der Waals surface area contributed by atoms with Gasteiger partial charge in [-0.3, -0.25) is 0 Å². The zero-order valence-corrected chi connectivity index (χ0v) is 10.8. The zero-order valence-electron chi connectivity index (χ0n) is 10.8. The molecule has 1 aliphatic rings. The fourth-order valence-corrected chi connectivity index (χ4v) is 2.39. The summed E-state index contributed by atoms with van der Waals surface area (Å²) in [6.07, 6.45) is 4.32. The molecule has 2 aromatic heterocycles. The molecule has 0 spiro atoms. The van der Waals surface area contributed by atoms with E-state index in [0.29, 0.717) is 23.9 Å². The Kier molecular flexibility index (Phi) is 2.36. The second-order valence-corrected chi connectivity index (χ2v) is 5.15. The second kappa shape index (κ2) is 4.20. The van der Waals surface area contributed by atoms with Crippen molar-refractivity contribution in [2.75, 3.05) is 0 Å². The van der Waals surface area contributed by atoms with E-state index in [1.807, 2.05) is 30.5 Å². The normalized spacial score (nSPS) is 14.6. The fourth-order valence-electron chi connectivity index (χ4n) is 2.39. The molecule has 0 atom stereocenters. The van der Waals surface area contributed by atoms with Crippen LogP contribution in [-0.2, 0) is 6.54 Å². The summed E-state index contributed by atoms with van der Waals surface area (Å²) < 4.78 is 7.36. The highest BCUT2D eigenvalue weighted by Gasteiger charge is 2.28. The number of hydrogen-bond acceptors (Lipinski definition) is 4. The number of nitriles is 1. The van der Waals surface area contributed by atoms with Crippen molar-refractivity contribution in [3.05, 3.63) is 47.7 Å². The molecule has 5 heteroatoms. The van der Waals surface area contributed by atoms with Crippen molar-refractivity contribution in [3.63, 3.8) is 0 Å². The van der Waals surface area contributed by atoms with Crippen LogP contribution >= 0.6 is 0 Å². The molecule has 3 aromatic rings. The Hall–Kier alpha value is -2.61. The van der Waals surface area contributed by atoms with E-state index in [0.717, 1.165) is 16.7 Å². The monoisotopic (exact) mass is 264 g/mol. The Labute approximate surface area is 115 Å². The van der Waals surface area contributed by atoms with E-state index in [9.17, 15) is 0 Å². The van der Waals surface area contributed by atoms with Crippen LogP contribution in [0.5, 0.6) is 0 Å². The standard InChI is InChI=1S/C15H12N4O/c16-8-10-1-4-13-12(7-10)5-6-19(13)9-14-17-15(18-20-14)11-2-3-11/h1,4-7,11H,2-3,9H2. The number of hydrogen-bond donors (Lipinski definition) is 0. The third kappa shape index (κ3) is 1.86. The molecular weight excluding hydrogens is 252 g/mol. The van der Waals surface area contributed by atoms with Gasteiger partial charge in [-0.15, -0.1) is 0 Å². The Morgan fingerprint density at radius 2 is 2.25 bits per heavy atom. The first-order chi connectivity index (χ1) is 9.83. The van der Waals surface area contributed by atoms with Crippen molar-refractivity contribution in [1.82, 2.24) is 14.7 Å². The molecular formula is C15H12N4O. The lowest BCUT2D eigenvalue weighted by Crippen LogP contribution is -1.98. The summed E-state index contributed by atoms with van der Waals surface area (Å²) in [4.78, 5) is 4.44. The summed E-state index contributed by atoms with van der Waals surface area (Å²) in [5.41, 5.74) is 1.74. The van der Waals surface area contributed by atoms with Crippen molar-refractivity contribution in [3.8, 4) is 6.07 Å². The molecule has 20 heavy (non-hydrogen) atoms. The summed E-state index contributed by atoms with van der Waals surface area (Å²) in [5.74, 6) is 1.98. The molecule has 0 N–H and O–H groups in total. The van der Waals surface area contributed by atoms with Crippen LogP contribution in [0, 0.1) is 11.3 Å². The summed E-state index contributed by atoms with van der Waals surface area (Å²) in [7, 11) is 0. The first kappa shape index (κ1) is 11.2. The van der Waals surface area contributed by atoms with Gasteiger partial charge in [-0.25, -0.2) is 0 Å². The number of rotatable bonds is 3. The summed E-state index contributed by atoms with van der Waals surface area (Å²) in [6.45, 7) is 0.565. The van der Waals surface area contributed by atoms with Crippen molar-refractivity contribution in [1.29, 1.82) is 5.26 Å². The van der Waals surface area contributed by atoms with Crippen molar-refractivity contribution >= 4 is 10.9 Å². The highest BCUT2D eigenvalue weighted by atomic mass is 16.5. The van der Waals surface area contributed by atoms with E-state index in [-0.39, 0.29) is 0 Å². The average Bonchev–Trinajstić information content (AvgIpc) is 3.10. The van der Waals surface area contributed by atoms with Crippen LogP contribution in [0.2, 0.25) is 0 Å². The van der Waals surface area contributed by atoms with Gasteiger partial charge in [-0.1, -0.05) is 5.16 Å². The van der Waals surface area contributed by atoms with Gasteiger partial charge in [0.25, 0.3) is 0 Å². The van der Waals surface area contributed by atoms with Crippen molar-refractivity contribution in [2.45, 2.75) is 25.3 Å². The maximum Gasteiger partial charge on any atom is 0.246 e. The van der Waals surface area contributed by atoms with Gasteiger partial charge in [-0.05, 0) is 37.1 Å². The van der Waals surface area contributed by atoms with E-state index >= 15 is 0 Å². The Bertz CT molecular complexity index is 820. The molecule has 0 unspecified atom stereocenters. The predicted molar refractivity (Wildman–Crippen MR) is 72.0 cm³/mol. The second-order valence-electron chi connectivity index (χ2n) is 5.15. The summed E-state index contributed by atoms with van der Waals surface area (Å²) >= 11 is 0. The first-order valence-corrected chi connectivity index (χ1v) is 6.65. The minimum atomic E-state index is 0.507. The van der Waals surface area contributed by atoms with Crippen LogP contribution in [0.4, 0.5) is 0 Å². The van der Waals surface area contributed by atoms with Gasteiger partial charge in [0.05, 0.1) is 11.6 Å². The third-order valence-corrected chi connectivity index (χ3v) is 3.63. The molecule has 0 amide bonds. The van der Waals surface area contributed by atoms with Crippen LogP contribution in [0.25, 0.3) is 10.9 Å². The molecule has 0 saturated heterocycles. The fraction of sp³-hybridized carbons (Fsp3) is 0.267. The molecule has 4 rings (SSSR count). The molecule has 5 nitrogen and oxygen atoms in total. The number of fused-ring (bicyclic) bond motifs is 1. The van der Waals surface area contributed by atoms with Gasteiger partial charge < -0.3 is 9.09 Å². The number of benzene rings is 1. The molecule has 1 saturated carbocycles. The highest BCUT2D eigenvalue weighted by molar-refractivity contribution is 5.81. The maximum atomic E-state index is 8.91. The predicted octanol–water partition coefficient (Wildman–Crippen LogP) is 2.82. The molecule has 2 heterocycles. The quantitative estimate of drug-likeness (QED) is 0.729. The lowest BCUT2D eigenvalue weighted by molar-refractivity contribution is 0.367. The molecule has 1 aliphatic carbocycles. The van der Waals surface area contributed by atoms with Crippen LogP contribution in [0.15, 0.2) is 35.0 Å². The van der Waals surface area contributed by atoms with Crippen LogP contribution in [0.3, 0.4) is 0 Å². The Balaban J connectivity index is 1.66. The largest absolute Gasteiger partial charge is 0.338 e. The molecule has 98 valence electrons. The molecule has 0 radical (unpaired) electrons. The number of aromatic nitrogens is 3. The van der Waals surface area contributed by atoms with Gasteiger partial charge in [0.15, 0.2) is 5.82 Å². The van der Waals surface area contributed by atoms with Gasteiger partial charge in [0.2, 0.25) is 5.89 Å². The van der Waals surface area contributed by atoms with Crippen LogP contribution in [0.1, 0.15) is 36.0 Å². The van der Waals surface area contributed by atoms with E-state index < -0.39 is 0 Å². The van der Waals surface area contributed by atoms with E-state index in [1.165, 1.54) is 12.8 Å². The lowest BCUT2D eigenvalue weighted by atomic mass is 10.2. The molecule has 0 aliphatic heterocycles. The summed E-state index contributed by atoms with van der Waals surface area (Å²) in [6, 6.07) is 9.80. The Morgan fingerprint density at radius 1 is 1.35 bits per heavy atom. The molecule has 1 fully saturated rings. The van der Waals surface area contributed by atoms with Gasteiger partial charge in [0, 0.05) is 23.0 Å². The van der Waals surface area contributed by atoms with E-state index in [4.69, 9.17) is 9.78 Å². The van der Waals surface area contributed by atoms with E-state index in [1.54, 1.807) is 0 Å². The first-order valence-electron chi connectivity index (χ1n) is 6.65. The minimum Gasteiger partial charge on any atom is -0.338 e. The van der Waals surface area contributed by atoms with Gasteiger partial charge in [-0.2, -0.15) is 10.2 Å². The smallest absolute Gasteiger partial charge is 0.246 e. The summed E-state index contributed by atoms with van der Waals surface area (Å²) in [5, 5.41) is 14.0. The Morgan fingerprint density at radius 3 is 3.05 bits per heavy atom. The van der Waals surface area contributed by atoms with Crippen molar-refractivity contribution < 1.29 is 4.52 Å². The molecule has 1 aromatic carbocycles. The van der Waals surface area contributed by atoms with E-state index in [2.05, 4.69) is 20.8 Å². The van der Waals surface area contributed by atoms with Crippen LogP contribution < -0.4 is 0 Å². The minimum absolute atomic E-state index is 0.507. The van der Waals surface area contributed by atoms with Gasteiger partial charge >= 0.3 is 0 Å². The highest BCUT2D eigenvalue weighted by Crippen LogP contribution is 2.38. The van der Waals surface area contributed by atoms with Crippen LogP contribution in [-0.4, -0.2) is 14.7 Å². The average molecular weight is 264 g/mol.